The van der Waals surface area contributed by atoms with Crippen LogP contribution in [0.25, 0.3) is 0 Å². The first-order valence-electron chi connectivity index (χ1n) is 5.21. The van der Waals surface area contributed by atoms with E-state index >= 15 is 0 Å². The molecule has 80 valence electrons. The summed E-state index contributed by atoms with van der Waals surface area (Å²) < 4.78 is -0.267. The van der Waals surface area contributed by atoms with Gasteiger partial charge in [-0.15, -0.1) is 0 Å². The number of fused-ring (bicyclic) bond motifs is 1. The van der Waals surface area contributed by atoms with E-state index in [0.717, 1.165) is 12.0 Å². The Hall–Kier alpha value is 0.400. The van der Waals surface area contributed by atoms with Crippen molar-refractivity contribution >= 4 is 25.3 Å². The van der Waals surface area contributed by atoms with Crippen LogP contribution in [0, 0.1) is 11.3 Å². The molecule has 1 nitrogen and oxygen atoms in total. The van der Waals surface area contributed by atoms with Gasteiger partial charge in [0, 0.05) is 0 Å². The molecular weight excluding hydrogens is 212 g/mol. The molecule has 0 unspecified atom stereocenters. The van der Waals surface area contributed by atoms with Gasteiger partial charge in [-0.25, -0.2) is 0 Å². The monoisotopic (exact) mass is 230 g/mol. The minimum absolute atomic E-state index is 0.229. The van der Waals surface area contributed by atoms with Gasteiger partial charge in [0.2, 0.25) is 0 Å². The molecule has 3 heteroatoms. The average molecular weight is 230 g/mol. The molecule has 0 aromatic heterocycles. The molecule has 0 radical (unpaired) electrons. The molecule has 0 aromatic carbocycles. The molecule has 14 heavy (non-hydrogen) atoms. The third-order valence-electron chi connectivity index (χ3n) is 4.27. The van der Waals surface area contributed by atoms with Crippen LogP contribution in [-0.4, -0.2) is 15.3 Å². The van der Waals surface area contributed by atoms with E-state index in [1.807, 2.05) is 6.92 Å². The topological polar surface area (TPSA) is 20.2 Å². The van der Waals surface area contributed by atoms with E-state index in [-0.39, 0.29) is 10.00 Å². The standard InChI is InChI=1S/C11H18OS2/c1-3-8-10(2)5-4-7(10)6-11(8,12)9(13)14/h3,7,9,12-14H,4-6H2,1-2H3/t7-,10+,11+/m1/s1. The van der Waals surface area contributed by atoms with Crippen LogP contribution in [0.1, 0.15) is 33.1 Å². The fourth-order valence-electron chi connectivity index (χ4n) is 3.27. The third kappa shape index (κ3) is 1.15. The first-order chi connectivity index (χ1) is 6.45. The molecule has 0 spiro atoms. The van der Waals surface area contributed by atoms with Gasteiger partial charge < -0.3 is 5.11 Å². The number of hydrogen-bond donors (Lipinski definition) is 3. The zero-order valence-corrected chi connectivity index (χ0v) is 10.5. The van der Waals surface area contributed by atoms with Gasteiger partial charge in [0.1, 0.15) is 5.60 Å². The average Bonchev–Trinajstić information content (AvgIpc) is 2.26. The maximum atomic E-state index is 10.6. The number of thiol groups is 2. The van der Waals surface area contributed by atoms with Crippen molar-refractivity contribution in [2.75, 3.05) is 0 Å². The van der Waals surface area contributed by atoms with Gasteiger partial charge in [0.15, 0.2) is 0 Å². The summed E-state index contributed by atoms with van der Waals surface area (Å²) in [7, 11) is 0. The van der Waals surface area contributed by atoms with Crippen LogP contribution in [0.15, 0.2) is 11.6 Å². The van der Waals surface area contributed by atoms with Crippen molar-refractivity contribution in [2.45, 2.75) is 43.3 Å². The van der Waals surface area contributed by atoms with E-state index in [1.165, 1.54) is 12.8 Å². The second kappa shape index (κ2) is 3.19. The summed E-state index contributed by atoms with van der Waals surface area (Å²) in [5.41, 5.74) is 0.612. The molecule has 3 atom stereocenters. The fourth-order valence-corrected chi connectivity index (χ4v) is 3.76. The lowest BCUT2D eigenvalue weighted by molar-refractivity contribution is 0.0903. The highest BCUT2D eigenvalue weighted by atomic mass is 32.2. The van der Waals surface area contributed by atoms with Gasteiger partial charge >= 0.3 is 0 Å². The maximum absolute atomic E-state index is 10.6. The Morgan fingerprint density at radius 2 is 2.21 bits per heavy atom. The van der Waals surface area contributed by atoms with Crippen LogP contribution in [0.4, 0.5) is 0 Å². The Labute approximate surface area is 96.8 Å². The summed E-state index contributed by atoms with van der Waals surface area (Å²) in [6.07, 6.45) is 5.35. The Balaban J connectivity index is 2.40. The lowest BCUT2D eigenvalue weighted by Gasteiger charge is -2.43. The van der Waals surface area contributed by atoms with Gasteiger partial charge in [0.25, 0.3) is 0 Å². The summed E-state index contributed by atoms with van der Waals surface area (Å²) >= 11 is 8.62. The van der Waals surface area contributed by atoms with Gasteiger partial charge in [-0.3, -0.25) is 0 Å². The maximum Gasteiger partial charge on any atom is 0.107 e. The molecule has 2 rings (SSSR count). The Kier molecular flexibility index (Phi) is 2.49. The Bertz CT molecular complexity index is 287. The van der Waals surface area contributed by atoms with E-state index in [2.05, 4.69) is 38.3 Å². The van der Waals surface area contributed by atoms with Crippen molar-refractivity contribution in [3.8, 4) is 0 Å². The van der Waals surface area contributed by atoms with E-state index in [1.54, 1.807) is 0 Å². The number of hydrogen-bond acceptors (Lipinski definition) is 3. The largest absolute Gasteiger partial charge is 0.383 e. The van der Waals surface area contributed by atoms with Crippen molar-refractivity contribution in [1.29, 1.82) is 0 Å². The molecule has 2 fully saturated rings. The minimum atomic E-state index is -0.781. The van der Waals surface area contributed by atoms with Crippen molar-refractivity contribution in [3.05, 3.63) is 11.6 Å². The second-order valence-corrected chi connectivity index (χ2v) is 6.30. The Morgan fingerprint density at radius 3 is 2.57 bits per heavy atom. The van der Waals surface area contributed by atoms with Gasteiger partial charge in [-0.2, -0.15) is 25.3 Å². The fraction of sp³-hybridized carbons (Fsp3) is 0.818. The normalized spacial score (nSPS) is 49.6. The van der Waals surface area contributed by atoms with E-state index in [4.69, 9.17) is 0 Å². The van der Waals surface area contributed by atoms with Crippen LogP contribution < -0.4 is 0 Å². The molecule has 0 aliphatic heterocycles. The number of rotatable bonds is 1. The van der Waals surface area contributed by atoms with E-state index in [0.29, 0.717) is 5.92 Å². The molecule has 2 aliphatic rings. The molecule has 0 bridgehead atoms. The van der Waals surface area contributed by atoms with Crippen LogP contribution in [-0.2, 0) is 0 Å². The molecule has 1 N–H and O–H groups in total. The highest BCUT2D eigenvalue weighted by Crippen LogP contribution is 2.64. The van der Waals surface area contributed by atoms with Crippen LogP contribution in [0.2, 0.25) is 0 Å². The predicted octanol–water partition coefficient (Wildman–Crippen LogP) is 2.67. The first-order valence-corrected chi connectivity index (χ1v) is 6.24. The Morgan fingerprint density at radius 1 is 1.57 bits per heavy atom. The minimum Gasteiger partial charge on any atom is -0.383 e. The number of allylic oxidation sites excluding steroid dienone is 1. The summed E-state index contributed by atoms with van der Waals surface area (Å²) in [5.74, 6) is 0.639. The molecule has 0 amide bonds. The van der Waals surface area contributed by atoms with Crippen molar-refractivity contribution in [3.63, 3.8) is 0 Å². The SMILES string of the molecule is CC=C1[C@](O)(C(S)S)C[C@H]2CC[C@]12C. The molecule has 0 saturated heterocycles. The highest BCUT2D eigenvalue weighted by Gasteiger charge is 2.60. The van der Waals surface area contributed by atoms with Crippen molar-refractivity contribution in [1.82, 2.24) is 0 Å². The third-order valence-corrected chi connectivity index (χ3v) is 5.12. The highest BCUT2D eigenvalue weighted by molar-refractivity contribution is 7.99. The second-order valence-electron chi connectivity index (χ2n) is 4.86. The van der Waals surface area contributed by atoms with Crippen LogP contribution in [0.5, 0.6) is 0 Å². The molecule has 2 saturated carbocycles. The molecule has 0 heterocycles. The van der Waals surface area contributed by atoms with Crippen LogP contribution in [0.3, 0.4) is 0 Å². The lowest BCUT2D eigenvalue weighted by atomic mass is 9.61. The lowest BCUT2D eigenvalue weighted by Crippen LogP contribution is -2.38. The van der Waals surface area contributed by atoms with E-state index in [9.17, 15) is 5.11 Å². The summed E-state index contributed by atoms with van der Waals surface area (Å²) in [6.45, 7) is 4.27. The van der Waals surface area contributed by atoms with Crippen LogP contribution >= 0.6 is 25.3 Å². The summed E-state index contributed by atoms with van der Waals surface area (Å²) in [5, 5.41) is 10.6. The smallest absolute Gasteiger partial charge is 0.107 e. The van der Waals surface area contributed by atoms with Crippen molar-refractivity contribution in [2.24, 2.45) is 11.3 Å². The molecule has 2 aliphatic carbocycles. The summed E-state index contributed by atoms with van der Waals surface area (Å²) in [4.78, 5) is 0. The quantitative estimate of drug-likeness (QED) is 0.359. The zero-order chi connectivity index (χ0) is 10.6. The predicted molar refractivity (Wildman–Crippen MR) is 65.9 cm³/mol. The van der Waals surface area contributed by atoms with E-state index < -0.39 is 5.60 Å². The van der Waals surface area contributed by atoms with Gasteiger partial charge in [-0.1, -0.05) is 13.0 Å². The molecular formula is C11H18OS2. The zero-order valence-electron chi connectivity index (χ0n) is 8.70. The van der Waals surface area contributed by atoms with Crippen molar-refractivity contribution < 1.29 is 5.11 Å². The summed E-state index contributed by atoms with van der Waals surface area (Å²) in [6, 6.07) is 0. The van der Waals surface area contributed by atoms with Gasteiger partial charge in [0.05, 0.1) is 4.58 Å². The number of aliphatic hydroxyl groups is 1. The molecule has 0 aromatic rings. The first kappa shape index (κ1) is 10.9. The van der Waals surface area contributed by atoms with Gasteiger partial charge in [-0.05, 0) is 43.1 Å².